The van der Waals surface area contributed by atoms with Gasteiger partial charge in [0.25, 0.3) is 5.91 Å². The second-order valence-corrected chi connectivity index (χ2v) is 27.7. The molecule has 0 radical (unpaired) electrons. The molecule has 0 aliphatic carbocycles. The Kier molecular flexibility index (Phi) is 37.8. The van der Waals surface area contributed by atoms with Gasteiger partial charge in [-0.15, -0.1) is 0 Å². The minimum atomic E-state index is -1.95. The number of amides is 13. The average Bonchev–Trinajstić information content (AvgIpc) is 1.11. The summed E-state index contributed by atoms with van der Waals surface area (Å²) in [6, 6.07) is 13.7. The molecule has 0 unspecified atom stereocenters. The van der Waals surface area contributed by atoms with Crippen LogP contribution in [0, 0.1) is 5.92 Å². The van der Waals surface area contributed by atoms with Gasteiger partial charge < -0.3 is 106 Å². The van der Waals surface area contributed by atoms with Gasteiger partial charge in [-0.2, -0.15) is 12.6 Å². The van der Waals surface area contributed by atoms with Crippen molar-refractivity contribution in [1.82, 2.24) is 68.8 Å². The number of unbranched alkanes of at least 4 members (excludes halogenated alkanes) is 1. The Morgan fingerprint density at radius 2 is 0.991 bits per heavy atom. The third kappa shape index (κ3) is 29.3. The van der Waals surface area contributed by atoms with Crippen LogP contribution in [0.25, 0.3) is 10.9 Å². The molecule has 5 aromatic rings. The third-order valence-corrected chi connectivity index (χ3v) is 17.9. The van der Waals surface area contributed by atoms with Crippen LogP contribution >= 0.6 is 24.8 Å². The number of aliphatic hydroxyl groups excluding tert-OH is 3. The lowest BCUT2D eigenvalue weighted by molar-refractivity contribution is -0.137. The van der Waals surface area contributed by atoms with Crippen molar-refractivity contribution >= 4 is 129 Å². The SMILES string of the molecule is CC(C)C[C@H](N)C(=O)NCC(=O)NCC(=O)N[C@@H](C)C(=O)NCC(=O)N[C@@H](CS)C(=O)c1ccccc1N(CC=S)C(=O)[C@H](CO)NC(=O)[C@@H](NC(=O)[C@H](Cc1ccccc1)NC(=O)[C@@H](NC(=O)[C@H](CCCCN)NC(=O)[C@H](Cc1c[nH]c2ccccc12)NC(=O)[C@H](Cc1ccccc1)NC(=O)[C@H](C)N)[C@@H](C)O)[C@@H](C)O. The van der Waals surface area contributed by atoms with Crippen LogP contribution in [0.4, 0.5) is 5.69 Å². The summed E-state index contributed by atoms with van der Waals surface area (Å²) >= 11 is 9.42. The zero-order chi connectivity index (χ0) is 82.0. The Bertz CT molecular complexity index is 4020. The number of H-pyrrole nitrogens is 1. The smallest absolute Gasteiger partial charge is 0.252 e. The van der Waals surface area contributed by atoms with Crippen LogP contribution in [0.15, 0.2) is 115 Å². The maximum absolute atomic E-state index is 14.8. The molecule has 0 saturated carbocycles. The molecule has 13 amide bonds. The fraction of sp³-hybridized carbons (Fsp3) is 0.453. The van der Waals surface area contributed by atoms with Crippen molar-refractivity contribution in [1.29, 1.82) is 0 Å². The van der Waals surface area contributed by atoms with E-state index >= 15 is 0 Å². The predicted molar refractivity (Wildman–Crippen MR) is 419 cm³/mol. The number of aliphatic hydroxyl groups is 3. The Morgan fingerprint density at radius 3 is 1.54 bits per heavy atom. The maximum atomic E-state index is 14.8. The molecule has 1 aromatic heterocycles. The lowest BCUT2D eigenvalue weighted by atomic mass is 10.0. The van der Waals surface area contributed by atoms with Crippen molar-refractivity contribution in [3.63, 3.8) is 0 Å². The van der Waals surface area contributed by atoms with Gasteiger partial charge in [0.1, 0.15) is 54.4 Å². The summed E-state index contributed by atoms with van der Waals surface area (Å²) in [7, 11) is 0. The molecule has 22 N–H and O–H groups in total. The van der Waals surface area contributed by atoms with Gasteiger partial charge in [-0.05, 0) is 106 Å². The number of rotatable bonds is 46. The molecular weight excluding hydrogens is 1480 g/mol. The van der Waals surface area contributed by atoms with Crippen molar-refractivity contribution in [2.24, 2.45) is 23.1 Å². The van der Waals surface area contributed by atoms with Gasteiger partial charge >= 0.3 is 0 Å². The van der Waals surface area contributed by atoms with Gasteiger partial charge in [0.2, 0.25) is 70.9 Å². The maximum Gasteiger partial charge on any atom is 0.252 e. The molecule has 0 aliphatic heterocycles. The zero-order valence-electron chi connectivity index (χ0n) is 62.6. The largest absolute Gasteiger partial charge is 0.394 e. The standard InChI is InChI=1S/C75H103N17O17S2/c1-41(2)31-51(78)68(102)82-36-60(96)80-37-61(97)83-43(4)67(101)81-38-62(98)84-58(40-111)65(99)50-24-14-16-27-59(50)92(29-30-110)75(109)57(39-93)89-74(108)64(45(6)95)91-72(106)55(33-47-21-11-8-12-22-47)88-73(107)63(44(5)94)90-69(103)53(26-17-18-28-76)85-71(105)56(34-48-35-79-52-25-15-13-23-49(48)52)87-70(104)54(86-66(100)42(3)77)32-46-19-9-7-10-20-46/h7-16,19-25,27,30,35,41-45,51,53-58,63-64,79,93-95,111H,17-18,26,28-29,31-34,36-40,76-78H2,1-6H3,(H,80,96)(H,81,101)(H,82,102)(H,83,97)(H,84,98)(H,85,105)(H,86,100)(H,87,104)(H,88,107)(H,89,108)(H,90,103)(H,91,106)/t42-,43-,44+,45+,51-,53-,54-,55-,56-,57-,58-,63-,64-/m0/s1. The minimum absolute atomic E-state index is 0.00196. The van der Waals surface area contributed by atoms with E-state index in [1.54, 1.807) is 79.0 Å². The number of thiol groups is 1. The number of carbonyl (C=O) groups is 14. The van der Waals surface area contributed by atoms with Crippen LogP contribution in [0.2, 0.25) is 0 Å². The van der Waals surface area contributed by atoms with Gasteiger partial charge in [-0.1, -0.05) is 117 Å². The number of hydrogen-bond donors (Lipinski definition) is 20. The summed E-state index contributed by atoms with van der Waals surface area (Å²) < 4.78 is 0. The predicted octanol–water partition coefficient (Wildman–Crippen LogP) is -3.32. The van der Waals surface area contributed by atoms with Gasteiger partial charge in [-0.3, -0.25) is 67.1 Å². The number of fused-ring (bicyclic) bond motifs is 1. The van der Waals surface area contributed by atoms with E-state index in [1.807, 2.05) is 26.0 Å². The summed E-state index contributed by atoms with van der Waals surface area (Å²) in [6.45, 7) is 5.70. The highest BCUT2D eigenvalue weighted by molar-refractivity contribution is 7.80. The van der Waals surface area contributed by atoms with Crippen LogP contribution in [0.5, 0.6) is 0 Å². The van der Waals surface area contributed by atoms with E-state index < -0.39 is 194 Å². The molecule has 36 heteroatoms. The molecule has 13 atom stereocenters. The molecule has 0 aliphatic rings. The highest BCUT2D eigenvalue weighted by Crippen LogP contribution is 2.25. The third-order valence-electron chi connectivity index (χ3n) is 17.4. The van der Waals surface area contributed by atoms with Gasteiger partial charge in [0.15, 0.2) is 5.78 Å². The van der Waals surface area contributed by atoms with E-state index in [9.17, 15) is 82.4 Å². The molecule has 0 fully saturated rings. The second-order valence-electron chi connectivity index (χ2n) is 27.0. The minimum Gasteiger partial charge on any atom is -0.394 e. The van der Waals surface area contributed by atoms with Crippen LogP contribution in [0.3, 0.4) is 0 Å². The number of aromatic amines is 1. The highest BCUT2D eigenvalue weighted by Gasteiger charge is 2.39. The topological polar surface area (TPSA) is 541 Å². The average molecular weight is 1580 g/mol. The van der Waals surface area contributed by atoms with Crippen LogP contribution in [-0.4, -0.2) is 232 Å². The first-order valence-corrected chi connectivity index (χ1v) is 37.2. The van der Waals surface area contributed by atoms with Crippen LogP contribution in [-0.2, 0) is 81.6 Å². The molecule has 602 valence electrons. The highest BCUT2D eigenvalue weighted by atomic mass is 32.1. The number of nitrogens with two attached hydrogens (primary N) is 3. The number of aromatic nitrogens is 1. The molecule has 1 heterocycles. The number of nitrogens with one attached hydrogen (secondary N) is 13. The molecule has 5 rings (SSSR count). The first-order chi connectivity index (χ1) is 52.8. The normalized spacial score (nSPS) is 14.6. The van der Waals surface area contributed by atoms with Gasteiger partial charge in [0, 0.05) is 47.7 Å². The van der Waals surface area contributed by atoms with Crippen molar-refractivity contribution in [3.8, 4) is 0 Å². The number of thiocarbonyl (C=S) groups is 1. The molecule has 0 spiro atoms. The van der Waals surface area contributed by atoms with Crippen molar-refractivity contribution in [2.75, 3.05) is 50.0 Å². The lowest BCUT2D eigenvalue weighted by Gasteiger charge is -2.30. The number of ketones is 1. The number of Topliss-reactive ketones (excluding diaryl/α,β-unsaturated/α-hetero) is 1. The van der Waals surface area contributed by atoms with E-state index in [1.165, 1.54) is 45.0 Å². The van der Waals surface area contributed by atoms with Gasteiger partial charge in [0.05, 0.1) is 62.8 Å². The van der Waals surface area contributed by atoms with Crippen molar-refractivity contribution in [2.45, 2.75) is 165 Å². The number of anilines is 1. The lowest BCUT2D eigenvalue weighted by Crippen LogP contribution is -2.63. The molecular formula is C75H103N17O17S2. The molecule has 0 bridgehead atoms. The van der Waals surface area contributed by atoms with E-state index in [-0.39, 0.29) is 61.6 Å². The molecule has 34 nitrogen and oxygen atoms in total. The second kappa shape index (κ2) is 46.2. The summed E-state index contributed by atoms with van der Waals surface area (Å²) in [4.78, 5) is 197. The van der Waals surface area contributed by atoms with E-state index in [0.717, 1.165) is 28.1 Å². The Balaban J connectivity index is 1.30. The Hall–Kier alpha value is -10.6. The molecule has 4 aromatic carbocycles. The zero-order valence-corrected chi connectivity index (χ0v) is 64.3. The Labute approximate surface area is 653 Å². The van der Waals surface area contributed by atoms with Crippen molar-refractivity contribution in [3.05, 3.63) is 138 Å². The van der Waals surface area contributed by atoms with E-state index in [2.05, 4.69) is 81.4 Å². The number of hydrogen-bond acceptors (Lipinski definition) is 22. The quantitative estimate of drug-likeness (QED) is 0.00784. The fourth-order valence-electron chi connectivity index (χ4n) is 11.4. The number of benzene rings is 4. The first-order valence-electron chi connectivity index (χ1n) is 36.1. The summed E-state index contributed by atoms with van der Waals surface area (Å²) in [5.74, 6) is -12.6. The summed E-state index contributed by atoms with van der Waals surface area (Å²) in [6.07, 6.45) is -1.30. The van der Waals surface area contributed by atoms with Crippen LogP contribution in [0.1, 0.15) is 94.3 Å². The number of nitrogens with zero attached hydrogens (tertiary/aromatic N) is 1. The number of carbonyl (C=O) groups excluding carboxylic acids is 14. The van der Waals surface area contributed by atoms with E-state index in [4.69, 9.17) is 29.4 Å². The molecule has 111 heavy (non-hydrogen) atoms. The Morgan fingerprint density at radius 1 is 0.514 bits per heavy atom. The number of para-hydroxylation sites is 2. The molecule has 0 saturated heterocycles. The first kappa shape index (κ1) is 91.0. The van der Waals surface area contributed by atoms with Crippen LogP contribution < -0.4 is 85.9 Å². The van der Waals surface area contributed by atoms with Gasteiger partial charge in [-0.25, -0.2) is 0 Å². The summed E-state index contributed by atoms with van der Waals surface area (Å²) in [5, 5.41) is 64.8. The van der Waals surface area contributed by atoms with Crippen molar-refractivity contribution < 1.29 is 82.4 Å². The van der Waals surface area contributed by atoms with E-state index in [0.29, 0.717) is 29.5 Å². The monoisotopic (exact) mass is 1580 g/mol. The summed E-state index contributed by atoms with van der Waals surface area (Å²) in [5.41, 5.74) is 19.7. The fourth-order valence-corrected chi connectivity index (χ4v) is 11.8.